The Bertz CT molecular complexity index is 1390. The van der Waals surface area contributed by atoms with Gasteiger partial charge >= 0.3 is 0 Å². The summed E-state index contributed by atoms with van der Waals surface area (Å²) in [5, 5.41) is 3.64. The summed E-state index contributed by atoms with van der Waals surface area (Å²) in [5.74, 6) is 0.441. The van der Waals surface area contributed by atoms with Crippen LogP contribution >= 0.6 is 11.6 Å². The molecule has 7 heteroatoms. The lowest BCUT2D eigenvalue weighted by atomic mass is 10.1. The second-order valence-electron chi connectivity index (χ2n) is 7.62. The maximum absolute atomic E-state index is 13.3. The Hall–Kier alpha value is -3.77. The lowest BCUT2D eigenvalue weighted by molar-refractivity contribution is -0.118. The fraction of sp³-hybridized carbons (Fsp3) is 0.154. The number of rotatable bonds is 6. The van der Waals surface area contributed by atoms with Crippen molar-refractivity contribution in [1.29, 1.82) is 0 Å². The van der Waals surface area contributed by atoms with Crippen molar-refractivity contribution < 1.29 is 18.7 Å². The number of benzene rings is 3. The molecule has 0 unspecified atom stereocenters. The van der Waals surface area contributed by atoms with Crippen LogP contribution in [-0.4, -0.2) is 19.6 Å². The molecular formula is C26H22ClNO5. The normalized spacial score (nSPS) is 10.8. The Balaban J connectivity index is 1.67. The molecule has 3 aromatic carbocycles. The van der Waals surface area contributed by atoms with E-state index in [4.69, 9.17) is 25.5 Å². The quantitative estimate of drug-likeness (QED) is 0.393. The van der Waals surface area contributed by atoms with Gasteiger partial charge in [-0.05, 0) is 73.5 Å². The summed E-state index contributed by atoms with van der Waals surface area (Å²) in [6, 6.07) is 17.6. The predicted molar refractivity (Wildman–Crippen MR) is 130 cm³/mol. The molecule has 0 bridgehead atoms. The summed E-state index contributed by atoms with van der Waals surface area (Å²) in [7, 11) is 1.57. The van der Waals surface area contributed by atoms with Crippen molar-refractivity contribution in [3.05, 3.63) is 87.0 Å². The van der Waals surface area contributed by atoms with Crippen LogP contribution in [0.3, 0.4) is 0 Å². The standard InChI is InChI=1S/C26H22ClNO5/c1-15-4-11-20-22(12-15)33-25(17-6-9-19(31-3)10-7-17)26(24(20)30)32-14-23(29)28-18-8-5-16(2)21(27)13-18/h4-13H,14H2,1-3H3,(H,28,29). The van der Waals surface area contributed by atoms with E-state index >= 15 is 0 Å². The Morgan fingerprint density at radius 2 is 1.79 bits per heavy atom. The second kappa shape index (κ2) is 9.38. The summed E-state index contributed by atoms with van der Waals surface area (Å²) in [6.45, 7) is 3.41. The van der Waals surface area contributed by atoms with Crippen molar-refractivity contribution in [3.63, 3.8) is 0 Å². The Labute approximate surface area is 195 Å². The van der Waals surface area contributed by atoms with Gasteiger partial charge in [0.1, 0.15) is 11.3 Å². The monoisotopic (exact) mass is 463 g/mol. The predicted octanol–water partition coefficient (Wildman–Crippen LogP) is 5.76. The van der Waals surface area contributed by atoms with Crippen molar-refractivity contribution in [2.75, 3.05) is 19.0 Å². The topological polar surface area (TPSA) is 77.8 Å². The molecule has 0 spiro atoms. The maximum Gasteiger partial charge on any atom is 0.262 e. The SMILES string of the molecule is COc1ccc(-c2oc3cc(C)ccc3c(=O)c2OCC(=O)Nc2ccc(C)c(Cl)c2)cc1. The Morgan fingerprint density at radius 3 is 2.48 bits per heavy atom. The summed E-state index contributed by atoms with van der Waals surface area (Å²) in [4.78, 5) is 25.8. The number of hydrogen-bond acceptors (Lipinski definition) is 5. The zero-order valence-electron chi connectivity index (χ0n) is 18.4. The summed E-state index contributed by atoms with van der Waals surface area (Å²) in [6.07, 6.45) is 0. The van der Waals surface area contributed by atoms with Crippen LogP contribution < -0.4 is 20.2 Å². The number of carbonyl (C=O) groups excluding carboxylic acids is 1. The van der Waals surface area contributed by atoms with Crippen molar-refractivity contribution in [2.45, 2.75) is 13.8 Å². The van der Waals surface area contributed by atoms with Gasteiger partial charge in [-0.15, -0.1) is 0 Å². The number of halogens is 1. The fourth-order valence-electron chi connectivity index (χ4n) is 3.35. The van der Waals surface area contributed by atoms with Gasteiger partial charge in [0.05, 0.1) is 12.5 Å². The molecule has 0 aliphatic rings. The first-order valence-electron chi connectivity index (χ1n) is 10.3. The van der Waals surface area contributed by atoms with E-state index in [1.54, 1.807) is 61.7 Å². The highest BCUT2D eigenvalue weighted by molar-refractivity contribution is 6.31. The number of fused-ring (bicyclic) bond motifs is 1. The largest absolute Gasteiger partial charge is 0.497 e. The van der Waals surface area contributed by atoms with Gasteiger partial charge in [0.25, 0.3) is 5.91 Å². The van der Waals surface area contributed by atoms with Gasteiger partial charge < -0.3 is 19.2 Å². The highest BCUT2D eigenvalue weighted by Gasteiger charge is 2.19. The van der Waals surface area contributed by atoms with E-state index in [1.807, 2.05) is 19.9 Å². The van der Waals surface area contributed by atoms with Crippen LogP contribution in [-0.2, 0) is 4.79 Å². The number of amides is 1. The number of methoxy groups -OCH3 is 1. The van der Waals surface area contributed by atoms with Gasteiger partial charge in [-0.3, -0.25) is 9.59 Å². The van der Waals surface area contributed by atoms with Gasteiger partial charge in [0, 0.05) is 16.3 Å². The molecule has 6 nitrogen and oxygen atoms in total. The number of hydrogen-bond donors (Lipinski definition) is 1. The third-order valence-electron chi connectivity index (χ3n) is 5.16. The third-order valence-corrected chi connectivity index (χ3v) is 5.57. The third kappa shape index (κ3) is 4.86. The number of nitrogens with one attached hydrogen (secondary N) is 1. The van der Waals surface area contributed by atoms with Crippen LogP contribution in [0.5, 0.6) is 11.5 Å². The van der Waals surface area contributed by atoms with Crippen molar-refractivity contribution in [2.24, 2.45) is 0 Å². The van der Waals surface area contributed by atoms with Crippen molar-refractivity contribution in [3.8, 4) is 22.8 Å². The molecule has 33 heavy (non-hydrogen) atoms. The van der Waals surface area contributed by atoms with Crippen LogP contribution in [0.15, 0.2) is 69.9 Å². The molecule has 1 heterocycles. The molecule has 0 saturated heterocycles. The minimum atomic E-state index is -0.431. The van der Waals surface area contributed by atoms with E-state index in [-0.39, 0.29) is 23.5 Å². The molecule has 0 atom stereocenters. The number of anilines is 1. The first-order chi connectivity index (χ1) is 15.9. The molecule has 0 fully saturated rings. The highest BCUT2D eigenvalue weighted by Crippen LogP contribution is 2.32. The highest BCUT2D eigenvalue weighted by atomic mass is 35.5. The van der Waals surface area contributed by atoms with Crippen LogP contribution in [0.1, 0.15) is 11.1 Å². The molecule has 0 aliphatic heterocycles. The lowest BCUT2D eigenvalue weighted by Crippen LogP contribution is -2.22. The average Bonchev–Trinajstić information content (AvgIpc) is 2.80. The minimum absolute atomic E-state index is 0.0337. The smallest absolute Gasteiger partial charge is 0.262 e. The Kier molecular flexibility index (Phi) is 6.38. The van der Waals surface area contributed by atoms with Crippen LogP contribution in [0.25, 0.3) is 22.3 Å². The van der Waals surface area contributed by atoms with Gasteiger partial charge in [-0.2, -0.15) is 0 Å². The first kappa shape index (κ1) is 22.4. The first-order valence-corrected chi connectivity index (χ1v) is 10.6. The fourth-order valence-corrected chi connectivity index (χ4v) is 3.53. The molecule has 0 radical (unpaired) electrons. The molecular weight excluding hydrogens is 442 g/mol. The van der Waals surface area contributed by atoms with E-state index in [2.05, 4.69) is 5.32 Å². The molecule has 0 saturated carbocycles. The van der Waals surface area contributed by atoms with Crippen LogP contribution in [0, 0.1) is 13.8 Å². The maximum atomic E-state index is 13.3. The number of aryl methyl sites for hydroxylation is 2. The molecule has 4 rings (SSSR count). The molecule has 0 aliphatic carbocycles. The molecule has 1 amide bonds. The van der Waals surface area contributed by atoms with E-state index in [0.717, 1.165) is 11.1 Å². The van der Waals surface area contributed by atoms with E-state index in [1.165, 1.54) is 0 Å². The molecule has 4 aromatic rings. The zero-order chi connectivity index (χ0) is 23.5. The number of carbonyl (C=O) groups is 1. The van der Waals surface area contributed by atoms with Crippen LogP contribution in [0.2, 0.25) is 5.02 Å². The zero-order valence-corrected chi connectivity index (χ0v) is 19.2. The van der Waals surface area contributed by atoms with E-state index < -0.39 is 5.91 Å². The minimum Gasteiger partial charge on any atom is -0.497 e. The van der Waals surface area contributed by atoms with E-state index in [9.17, 15) is 9.59 Å². The lowest BCUT2D eigenvalue weighted by Gasteiger charge is -2.13. The summed E-state index contributed by atoms with van der Waals surface area (Å²) >= 11 is 6.12. The average molecular weight is 464 g/mol. The van der Waals surface area contributed by atoms with Gasteiger partial charge in [-0.1, -0.05) is 23.7 Å². The number of ether oxygens (including phenoxy) is 2. The van der Waals surface area contributed by atoms with Gasteiger partial charge in [-0.25, -0.2) is 0 Å². The van der Waals surface area contributed by atoms with Crippen LogP contribution in [0.4, 0.5) is 5.69 Å². The molecule has 1 aromatic heterocycles. The molecule has 168 valence electrons. The molecule has 1 N–H and O–H groups in total. The Morgan fingerprint density at radius 1 is 1.03 bits per heavy atom. The summed E-state index contributed by atoms with van der Waals surface area (Å²) in [5.41, 5.74) is 3.10. The van der Waals surface area contributed by atoms with Crippen molar-refractivity contribution >= 4 is 34.2 Å². The van der Waals surface area contributed by atoms with E-state index in [0.29, 0.717) is 33.0 Å². The van der Waals surface area contributed by atoms with Gasteiger partial charge in [0.2, 0.25) is 11.2 Å². The van der Waals surface area contributed by atoms with Crippen molar-refractivity contribution in [1.82, 2.24) is 0 Å². The van der Waals surface area contributed by atoms with Gasteiger partial charge in [0.15, 0.2) is 12.4 Å². The summed E-state index contributed by atoms with van der Waals surface area (Å²) < 4.78 is 17.0. The second-order valence-corrected chi connectivity index (χ2v) is 8.03.